The molecule has 2 heterocycles. The number of carbonyl (C=O) groups excluding carboxylic acids is 1. The number of nitrogens with one attached hydrogen (secondary N) is 1. The monoisotopic (exact) mass is 457 g/mol. The van der Waals surface area contributed by atoms with Gasteiger partial charge in [0, 0.05) is 23.0 Å². The maximum atomic E-state index is 12.7. The van der Waals surface area contributed by atoms with E-state index >= 15 is 0 Å². The molecule has 2 aromatic carbocycles. The van der Waals surface area contributed by atoms with Crippen molar-refractivity contribution in [2.75, 3.05) is 5.32 Å². The smallest absolute Gasteiger partial charge is 0.392 e. The Balaban J connectivity index is 1.62. The van der Waals surface area contributed by atoms with E-state index in [-0.39, 0.29) is 30.4 Å². The van der Waals surface area contributed by atoms with Gasteiger partial charge in [0.15, 0.2) is 5.82 Å². The molecule has 170 valence electrons. The molecule has 2 N–H and O–H groups in total. The molecule has 4 rings (SSSR count). The maximum Gasteiger partial charge on any atom is 0.416 e. The zero-order valence-electron chi connectivity index (χ0n) is 17.3. The lowest BCUT2D eigenvalue weighted by atomic mass is 10.1. The summed E-state index contributed by atoms with van der Waals surface area (Å²) in [7, 11) is 0. The molecule has 0 saturated heterocycles. The Kier molecular flexibility index (Phi) is 5.73. The molecular weight excluding hydrogens is 439 g/mol. The number of nitrogens with zero attached hydrogens (tertiary/aromatic N) is 4. The maximum absolute atomic E-state index is 12.7. The SMILES string of the molecule is Cc1cc(=O)n2nc(-c3ccc(CO)cc3)nc2n1CC(=O)Nc1ccc(C(F)(F)F)cc1. The van der Waals surface area contributed by atoms with E-state index < -0.39 is 23.2 Å². The Bertz CT molecular complexity index is 1370. The third-order valence-corrected chi connectivity index (χ3v) is 4.99. The number of aliphatic hydroxyl groups excluding tert-OH is 1. The van der Waals surface area contributed by atoms with Gasteiger partial charge in [0.25, 0.3) is 5.56 Å². The number of alkyl halides is 3. The van der Waals surface area contributed by atoms with E-state index in [0.717, 1.165) is 16.6 Å². The molecule has 1 amide bonds. The standard InChI is InChI=1S/C22H18F3N5O3/c1-13-10-19(33)30-21(27-20(28-30)15-4-2-14(12-31)3-5-15)29(13)11-18(32)26-17-8-6-16(7-9-17)22(23,24)25/h2-10,31H,11-12H2,1H3,(H,26,32). The summed E-state index contributed by atoms with van der Waals surface area (Å²) in [6.07, 6.45) is -4.47. The van der Waals surface area contributed by atoms with E-state index in [1.165, 1.54) is 22.8 Å². The summed E-state index contributed by atoms with van der Waals surface area (Å²) in [6, 6.07) is 12.2. The quantitative estimate of drug-likeness (QED) is 0.480. The summed E-state index contributed by atoms with van der Waals surface area (Å²) >= 11 is 0. The van der Waals surface area contributed by atoms with E-state index in [0.29, 0.717) is 16.8 Å². The van der Waals surface area contributed by atoms with Crippen molar-refractivity contribution in [3.63, 3.8) is 0 Å². The summed E-state index contributed by atoms with van der Waals surface area (Å²) in [5.74, 6) is -0.108. The summed E-state index contributed by atoms with van der Waals surface area (Å²) in [5.41, 5.74) is 0.749. The van der Waals surface area contributed by atoms with Gasteiger partial charge < -0.3 is 15.0 Å². The van der Waals surface area contributed by atoms with Gasteiger partial charge in [-0.05, 0) is 36.8 Å². The zero-order chi connectivity index (χ0) is 23.8. The van der Waals surface area contributed by atoms with Crippen molar-refractivity contribution >= 4 is 17.4 Å². The van der Waals surface area contributed by atoms with Gasteiger partial charge >= 0.3 is 6.18 Å². The van der Waals surface area contributed by atoms with Crippen LogP contribution in [0.15, 0.2) is 59.4 Å². The van der Waals surface area contributed by atoms with Crippen LogP contribution in [0.5, 0.6) is 0 Å². The van der Waals surface area contributed by atoms with Gasteiger partial charge in [0.05, 0.1) is 12.2 Å². The highest BCUT2D eigenvalue weighted by molar-refractivity contribution is 5.90. The number of anilines is 1. The number of hydrogen-bond donors (Lipinski definition) is 2. The van der Waals surface area contributed by atoms with Crippen molar-refractivity contribution in [1.29, 1.82) is 0 Å². The van der Waals surface area contributed by atoms with Crippen LogP contribution in [0, 0.1) is 6.92 Å². The van der Waals surface area contributed by atoms with Gasteiger partial charge in [0.2, 0.25) is 11.7 Å². The van der Waals surface area contributed by atoms with Crippen LogP contribution < -0.4 is 10.9 Å². The molecule has 0 fully saturated rings. The van der Waals surface area contributed by atoms with Crippen LogP contribution in [0.1, 0.15) is 16.8 Å². The molecule has 0 aliphatic heterocycles. The minimum Gasteiger partial charge on any atom is -0.392 e. The number of halogens is 3. The van der Waals surface area contributed by atoms with E-state index in [4.69, 9.17) is 0 Å². The summed E-state index contributed by atoms with van der Waals surface area (Å²) in [6.45, 7) is 1.28. The molecule has 11 heteroatoms. The normalized spacial score (nSPS) is 11.7. The topological polar surface area (TPSA) is 102 Å². The molecule has 0 bridgehead atoms. The van der Waals surface area contributed by atoms with Crippen LogP contribution in [0.4, 0.5) is 18.9 Å². The van der Waals surface area contributed by atoms with Gasteiger partial charge in [0.1, 0.15) is 6.54 Å². The number of benzene rings is 2. The van der Waals surface area contributed by atoms with Crippen molar-refractivity contribution in [2.45, 2.75) is 26.3 Å². The molecule has 0 atom stereocenters. The third-order valence-electron chi connectivity index (χ3n) is 4.99. The lowest BCUT2D eigenvalue weighted by Gasteiger charge is -2.12. The number of rotatable bonds is 5. The molecule has 0 saturated carbocycles. The number of aryl methyl sites for hydroxylation is 1. The van der Waals surface area contributed by atoms with Crippen LogP contribution >= 0.6 is 0 Å². The number of amides is 1. The second-order valence-corrected chi connectivity index (χ2v) is 7.34. The van der Waals surface area contributed by atoms with E-state index in [9.17, 15) is 27.9 Å². The Morgan fingerprint density at radius 3 is 2.36 bits per heavy atom. The summed E-state index contributed by atoms with van der Waals surface area (Å²) in [5, 5.41) is 16.0. The Morgan fingerprint density at radius 1 is 1.09 bits per heavy atom. The molecule has 4 aromatic rings. The van der Waals surface area contributed by atoms with Gasteiger partial charge in [-0.15, -0.1) is 5.10 Å². The highest BCUT2D eigenvalue weighted by atomic mass is 19.4. The first-order valence-corrected chi connectivity index (χ1v) is 9.80. The summed E-state index contributed by atoms with van der Waals surface area (Å²) in [4.78, 5) is 29.4. The number of carbonyl (C=O) groups is 1. The molecule has 33 heavy (non-hydrogen) atoms. The number of hydrogen-bond acceptors (Lipinski definition) is 5. The fourth-order valence-electron chi connectivity index (χ4n) is 3.27. The average molecular weight is 457 g/mol. The molecule has 0 aliphatic carbocycles. The van der Waals surface area contributed by atoms with Gasteiger partial charge in [-0.2, -0.15) is 22.7 Å². The van der Waals surface area contributed by atoms with Crippen LogP contribution in [0.2, 0.25) is 0 Å². The molecule has 0 aliphatic rings. The van der Waals surface area contributed by atoms with Crippen LogP contribution in [-0.4, -0.2) is 30.2 Å². The lowest BCUT2D eigenvalue weighted by Crippen LogP contribution is -2.25. The second-order valence-electron chi connectivity index (χ2n) is 7.34. The van der Waals surface area contributed by atoms with Gasteiger partial charge in [-0.25, -0.2) is 0 Å². The van der Waals surface area contributed by atoms with Crippen molar-refractivity contribution in [3.8, 4) is 11.4 Å². The minimum absolute atomic E-state index is 0.114. The highest BCUT2D eigenvalue weighted by Gasteiger charge is 2.30. The largest absolute Gasteiger partial charge is 0.416 e. The molecule has 0 unspecified atom stereocenters. The highest BCUT2D eigenvalue weighted by Crippen LogP contribution is 2.29. The number of fused-ring (bicyclic) bond motifs is 1. The van der Waals surface area contributed by atoms with Crippen molar-refractivity contribution < 1.29 is 23.1 Å². The molecule has 8 nitrogen and oxygen atoms in total. The van der Waals surface area contributed by atoms with E-state index in [1.54, 1.807) is 31.2 Å². The zero-order valence-corrected chi connectivity index (χ0v) is 17.3. The lowest BCUT2D eigenvalue weighted by molar-refractivity contribution is -0.137. The fraction of sp³-hybridized carbons (Fsp3) is 0.182. The van der Waals surface area contributed by atoms with Crippen molar-refractivity contribution in [3.05, 3.63) is 81.8 Å². The summed E-state index contributed by atoms with van der Waals surface area (Å²) < 4.78 is 40.7. The predicted molar refractivity (Wildman–Crippen MR) is 113 cm³/mol. The van der Waals surface area contributed by atoms with Crippen molar-refractivity contribution in [1.82, 2.24) is 19.2 Å². The molecule has 2 aromatic heterocycles. The Morgan fingerprint density at radius 2 is 1.76 bits per heavy atom. The second kappa shape index (κ2) is 8.51. The molecule has 0 spiro atoms. The predicted octanol–water partition coefficient (Wildman–Crippen LogP) is 3.02. The average Bonchev–Trinajstić information content (AvgIpc) is 3.22. The van der Waals surface area contributed by atoms with Crippen LogP contribution in [-0.2, 0) is 24.1 Å². The first-order valence-electron chi connectivity index (χ1n) is 9.80. The third kappa shape index (κ3) is 4.62. The van der Waals surface area contributed by atoms with E-state index in [2.05, 4.69) is 15.4 Å². The molecular formula is C22H18F3N5O3. The van der Waals surface area contributed by atoms with Crippen molar-refractivity contribution in [2.24, 2.45) is 0 Å². The first kappa shape index (κ1) is 22.2. The van der Waals surface area contributed by atoms with Gasteiger partial charge in [-0.1, -0.05) is 24.3 Å². The Labute approximate surface area is 184 Å². The first-order chi connectivity index (χ1) is 15.7. The van der Waals surface area contributed by atoms with Gasteiger partial charge in [-0.3, -0.25) is 9.59 Å². The number of aromatic nitrogens is 4. The molecule has 0 radical (unpaired) electrons. The fourth-order valence-corrected chi connectivity index (χ4v) is 3.27. The van der Waals surface area contributed by atoms with E-state index in [1.807, 2.05) is 0 Å². The Hall–Kier alpha value is -3.99. The minimum atomic E-state index is -4.47. The van der Waals surface area contributed by atoms with Crippen LogP contribution in [0.25, 0.3) is 17.2 Å². The van der Waals surface area contributed by atoms with Crippen LogP contribution in [0.3, 0.4) is 0 Å². The number of aliphatic hydroxyl groups is 1.